The van der Waals surface area contributed by atoms with Gasteiger partial charge in [0.15, 0.2) is 11.4 Å². The molecule has 0 bridgehead atoms. The Kier molecular flexibility index (Phi) is 5.75. The zero-order valence-corrected chi connectivity index (χ0v) is 20.0. The second kappa shape index (κ2) is 8.27. The molecule has 1 atom stereocenters. The summed E-state index contributed by atoms with van der Waals surface area (Å²) in [4.78, 5) is 28.3. The molecule has 3 aromatic carbocycles. The maximum atomic E-state index is 13.5. The summed E-state index contributed by atoms with van der Waals surface area (Å²) in [5.41, 5.74) is 4.12. The molecule has 4 nitrogen and oxygen atoms in total. The highest BCUT2D eigenvalue weighted by Crippen LogP contribution is 2.43. The molecule has 1 N–H and O–H groups in total. The number of fused-ring (bicyclic) bond motifs is 1. The van der Waals surface area contributed by atoms with Crippen molar-refractivity contribution in [2.45, 2.75) is 58.6 Å². The van der Waals surface area contributed by atoms with E-state index < -0.39 is 11.5 Å². The number of ketones is 1. The molecule has 1 aliphatic heterocycles. The molecular formula is C29H31NO3. The van der Waals surface area contributed by atoms with Crippen molar-refractivity contribution in [2.24, 2.45) is 0 Å². The lowest BCUT2D eigenvalue weighted by Gasteiger charge is -2.24. The van der Waals surface area contributed by atoms with Crippen molar-refractivity contribution in [2.75, 3.05) is 4.90 Å². The minimum absolute atomic E-state index is 0.0191. The van der Waals surface area contributed by atoms with Gasteiger partial charge in [-0.05, 0) is 42.0 Å². The average molecular weight is 442 g/mol. The predicted molar refractivity (Wildman–Crippen MR) is 132 cm³/mol. The summed E-state index contributed by atoms with van der Waals surface area (Å²) in [5, 5.41) is 11.6. The molecule has 0 aromatic heterocycles. The van der Waals surface area contributed by atoms with Crippen LogP contribution in [-0.4, -0.2) is 16.8 Å². The van der Waals surface area contributed by atoms with E-state index in [9.17, 15) is 14.7 Å². The van der Waals surface area contributed by atoms with E-state index in [0.717, 1.165) is 22.3 Å². The van der Waals surface area contributed by atoms with Gasteiger partial charge in [0.1, 0.15) is 0 Å². The van der Waals surface area contributed by atoms with Crippen LogP contribution in [0, 0.1) is 13.8 Å². The van der Waals surface area contributed by atoms with Crippen LogP contribution >= 0.6 is 0 Å². The summed E-state index contributed by atoms with van der Waals surface area (Å²) >= 11 is 0. The molecule has 0 aliphatic carbocycles. The summed E-state index contributed by atoms with van der Waals surface area (Å²) in [6.45, 7) is 10.7. The highest BCUT2D eigenvalue weighted by Gasteiger charge is 2.50. The molecule has 0 saturated carbocycles. The lowest BCUT2D eigenvalue weighted by molar-refractivity contribution is -0.136. The third kappa shape index (κ3) is 4.23. The third-order valence-corrected chi connectivity index (χ3v) is 6.56. The summed E-state index contributed by atoms with van der Waals surface area (Å²) in [6.07, 6.45) is -0.291. The molecule has 0 saturated heterocycles. The average Bonchev–Trinajstić information content (AvgIpc) is 2.97. The highest BCUT2D eigenvalue weighted by atomic mass is 16.3. The van der Waals surface area contributed by atoms with E-state index in [1.807, 2.05) is 50.2 Å². The number of hydrogen-bond acceptors (Lipinski definition) is 3. The Morgan fingerprint density at radius 3 is 2.27 bits per heavy atom. The molecular weight excluding hydrogens is 410 g/mol. The van der Waals surface area contributed by atoms with Crippen molar-refractivity contribution in [1.82, 2.24) is 0 Å². The number of benzene rings is 3. The van der Waals surface area contributed by atoms with Gasteiger partial charge >= 0.3 is 0 Å². The van der Waals surface area contributed by atoms with E-state index in [4.69, 9.17) is 0 Å². The molecule has 4 heteroatoms. The normalized spacial score (nSPS) is 17.9. The number of amides is 1. The number of hydrogen-bond donors (Lipinski definition) is 1. The molecule has 0 spiro atoms. The van der Waals surface area contributed by atoms with Gasteiger partial charge in [0, 0.05) is 11.1 Å². The van der Waals surface area contributed by atoms with E-state index in [1.54, 1.807) is 29.2 Å². The van der Waals surface area contributed by atoms with E-state index in [0.29, 0.717) is 23.4 Å². The Morgan fingerprint density at radius 1 is 0.970 bits per heavy atom. The first-order valence-electron chi connectivity index (χ1n) is 11.3. The maximum absolute atomic E-state index is 13.5. The van der Waals surface area contributed by atoms with Crippen molar-refractivity contribution >= 4 is 17.4 Å². The number of rotatable bonds is 5. The van der Waals surface area contributed by atoms with Gasteiger partial charge in [0.05, 0.1) is 18.7 Å². The van der Waals surface area contributed by atoms with Gasteiger partial charge < -0.3 is 10.0 Å². The van der Waals surface area contributed by atoms with Gasteiger partial charge in [-0.2, -0.15) is 0 Å². The van der Waals surface area contributed by atoms with Crippen molar-refractivity contribution < 1.29 is 14.7 Å². The van der Waals surface area contributed by atoms with Crippen LogP contribution in [0.5, 0.6) is 0 Å². The van der Waals surface area contributed by atoms with E-state index in [1.165, 1.54) is 0 Å². The Bertz CT molecular complexity index is 1220. The fourth-order valence-electron chi connectivity index (χ4n) is 4.52. The standard InChI is InChI=1S/C29H31NO3/c1-19-10-11-22(20(2)16-19)18-30-25-9-7-6-8-24(25)29(33,27(30)32)17-26(31)21-12-14-23(15-13-21)28(3,4)5/h6-16,33H,17-18H2,1-5H3. The quantitative estimate of drug-likeness (QED) is 0.524. The lowest BCUT2D eigenvalue weighted by Crippen LogP contribution is -2.41. The van der Waals surface area contributed by atoms with Gasteiger partial charge in [0.2, 0.25) is 0 Å². The minimum atomic E-state index is -1.88. The topological polar surface area (TPSA) is 57.6 Å². The molecule has 33 heavy (non-hydrogen) atoms. The molecule has 3 aromatic rings. The van der Waals surface area contributed by atoms with Gasteiger partial charge in [-0.3, -0.25) is 9.59 Å². The highest BCUT2D eigenvalue weighted by molar-refractivity contribution is 6.10. The second-order valence-electron chi connectivity index (χ2n) is 10.1. The van der Waals surface area contributed by atoms with Crippen molar-refractivity contribution in [3.05, 3.63) is 100 Å². The van der Waals surface area contributed by atoms with E-state index in [2.05, 4.69) is 26.8 Å². The van der Waals surface area contributed by atoms with Crippen molar-refractivity contribution in [3.8, 4) is 0 Å². The fraction of sp³-hybridized carbons (Fsp3) is 0.310. The number of anilines is 1. The monoisotopic (exact) mass is 441 g/mol. The van der Waals surface area contributed by atoms with E-state index in [-0.39, 0.29) is 17.6 Å². The number of Topliss-reactive ketones (excluding diaryl/α,β-unsaturated/α-hetero) is 1. The first kappa shape index (κ1) is 22.9. The number of aliphatic hydroxyl groups is 1. The Balaban J connectivity index is 1.64. The van der Waals surface area contributed by atoms with Crippen LogP contribution in [0.4, 0.5) is 5.69 Å². The number of carbonyl (C=O) groups is 2. The fourth-order valence-corrected chi connectivity index (χ4v) is 4.52. The van der Waals surface area contributed by atoms with Crippen LogP contribution in [0.3, 0.4) is 0 Å². The molecule has 4 rings (SSSR count). The number of carbonyl (C=O) groups excluding carboxylic acids is 2. The van der Waals surface area contributed by atoms with Gasteiger partial charge in [-0.15, -0.1) is 0 Å². The van der Waals surface area contributed by atoms with E-state index >= 15 is 0 Å². The predicted octanol–water partition coefficient (Wildman–Crippen LogP) is 5.61. The number of nitrogens with zero attached hydrogens (tertiary/aromatic N) is 1. The van der Waals surface area contributed by atoms with Crippen LogP contribution in [0.2, 0.25) is 0 Å². The first-order valence-corrected chi connectivity index (χ1v) is 11.3. The Morgan fingerprint density at radius 2 is 1.64 bits per heavy atom. The second-order valence-corrected chi connectivity index (χ2v) is 10.1. The van der Waals surface area contributed by atoms with Gasteiger partial charge in [0.25, 0.3) is 5.91 Å². The largest absolute Gasteiger partial charge is 0.375 e. The Hall–Kier alpha value is -3.24. The number of para-hydroxylation sites is 1. The summed E-state index contributed by atoms with van der Waals surface area (Å²) < 4.78 is 0. The summed E-state index contributed by atoms with van der Waals surface area (Å²) in [7, 11) is 0. The molecule has 1 amide bonds. The van der Waals surface area contributed by atoms with Crippen LogP contribution in [-0.2, 0) is 22.4 Å². The third-order valence-electron chi connectivity index (χ3n) is 6.56. The minimum Gasteiger partial charge on any atom is -0.375 e. The molecule has 1 heterocycles. The van der Waals surface area contributed by atoms with Gasteiger partial charge in [-0.25, -0.2) is 0 Å². The Labute approximate surface area is 195 Å². The SMILES string of the molecule is Cc1ccc(CN2C(=O)C(O)(CC(=O)c3ccc(C(C)(C)C)cc3)c3ccccc32)c(C)c1. The van der Waals surface area contributed by atoms with Crippen LogP contribution in [0.25, 0.3) is 0 Å². The van der Waals surface area contributed by atoms with Crippen molar-refractivity contribution in [1.29, 1.82) is 0 Å². The molecule has 170 valence electrons. The van der Waals surface area contributed by atoms with Gasteiger partial charge in [-0.1, -0.05) is 87.0 Å². The smallest absolute Gasteiger partial charge is 0.264 e. The molecule has 0 radical (unpaired) electrons. The lowest BCUT2D eigenvalue weighted by atomic mass is 9.85. The molecule has 1 unspecified atom stereocenters. The summed E-state index contributed by atoms with van der Waals surface area (Å²) in [5.74, 6) is -0.710. The molecule has 1 aliphatic rings. The van der Waals surface area contributed by atoms with Crippen LogP contribution in [0.1, 0.15) is 65.4 Å². The zero-order chi connectivity index (χ0) is 24.0. The zero-order valence-electron chi connectivity index (χ0n) is 20.0. The van der Waals surface area contributed by atoms with Crippen LogP contribution < -0.4 is 4.90 Å². The summed E-state index contributed by atoms with van der Waals surface area (Å²) in [6, 6.07) is 20.8. The number of aryl methyl sites for hydroxylation is 2. The van der Waals surface area contributed by atoms with Crippen molar-refractivity contribution in [3.63, 3.8) is 0 Å². The maximum Gasteiger partial charge on any atom is 0.264 e. The van der Waals surface area contributed by atoms with Crippen LogP contribution in [0.15, 0.2) is 66.7 Å². The first-order chi connectivity index (χ1) is 15.5. The molecule has 0 fully saturated rings.